The Balaban J connectivity index is 2.93. The van der Waals surface area contributed by atoms with Crippen LogP contribution in [-0.4, -0.2) is 44.4 Å². The summed E-state index contributed by atoms with van der Waals surface area (Å²) in [4.78, 5) is 23.0. The molecule has 0 bridgehead atoms. The second kappa shape index (κ2) is 7.34. The molecule has 0 aromatic heterocycles. The van der Waals surface area contributed by atoms with Crippen molar-refractivity contribution in [3.8, 4) is 5.75 Å². The number of rotatable bonds is 5. The number of carbonyl (C=O) groups is 2. The molecule has 2 amide bonds. The lowest BCUT2D eigenvalue weighted by Crippen LogP contribution is -2.48. The summed E-state index contributed by atoms with van der Waals surface area (Å²) in [6.45, 7) is 0. The van der Waals surface area contributed by atoms with Gasteiger partial charge in [0.15, 0.2) is 6.04 Å². The van der Waals surface area contributed by atoms with Crippen molar-refractivity contribution in [2.24, 2.45) is 0 Å². The Hall–Kier alpha value is -2.28. The number of carbonyl (C=O) groups excluding carboxylic acids is 2. The first-order valence-corrected chi connectivity index (χ1v) is 5.91. The van der Waals surface area contributed by atoms with Gasteiger partial charge in [-0.15, -0.1) is 0 Å². The number of nitrogens with one attached hydrogen (secondary N) is 2. The topological polar surface area (TPSA) is 96.9 Å². The highest BCUT2D eigenvalue weighted by atomic mass is 16.5. The van der Waals surface area contributed by atoms with Crippen LogP contribution in [0.1, 0.15) is 11.7 Å². The molecular weight excluding hydrogens is 264 g/mol. The van der Waals surface area contributed by atoms with Crippen molar-refractivity contribution in [1.82, 2.24) is 10.6 Å². The van der Waals surface area contributed by atoms with E-state index in [9.17, 15) is 14.7 Å². The summed E-state index contributed by atoms with van der Waals surface area (Å²) in [5.74, 6) is -0.119. The number of aliphatic hydroxyl groups excluding tert-OH is 1. The van der Waals surface area contributed by atoms with Gasteiger partial charge in [0.05, 0.1) is 14.2 Å². The zero-order valence-electron chi connectivity index (χ0n) is 11.5. The van der Waals surface area contributed by atoms with Crippen molar-refractivity contribution in [1.29, 1.82) is 0 Å². The summed E-state index contributed by atoms with van der Waals surface area (Å²) in [7, 11) is 4.11. The normalized spacial score (nSPS) is 13.0. The zero-order chi connectivity index (χ0) is 15.1. The number of urea groups is 1. The maximum atomic E-state index is 11.7. The first-order chi connectivity index (χ1) is 9.53. The van der Waals surface area contributed by atoms with Crippen LogP contribution in [0, 0.1) is 0 Å². The largest absolute Gasteiger partial charge is 0.497 e. The molecule has 1 rings (SSSR count). The Bertz CT molecular complexity index is 460. The average Bonchev–Trinajstić information content (AvgIpc) is 2.50. The number of aliphatic hydroxyl groups is 1. The quantitative estimate of drug-likeness (QED) is 0.670. The number of methoxy groups -OCH3 is 2. The minimum absolute atomic E-state index is 0.456. The summed E-state index contributed by atoms with van der Waals surface area (Å²) < 4.78 is 9.59. The fourth-order valence-corrected chi connectivity index (χ4v) is 1.60. The van der Waals surface area contributed by atoms with E-state index in [1.54, 1.807) is 24.3 Å². The highest BCUT2D eigenvalue weighted by Crippen LogP contribution is 2.21. The highest BCUT2D eigenvalue weighted by molar-refractivity contribution is 5.84. The fraction of sp³-hybridized carbons (Fsp3) is 0.385. The van der Waals surface area contributed by atoms with E-state index in [0.29, 0.717) is 11.3 Å². The fourth-order valence-electron chi connectivity index (χ4n) is 1.60. The molecule has 0 aliphatic rings. The Kier molecular flexibility index (Phi) is 5.79. The second-order valence-corrected chi connectivity index (χ2v) is 3.94. The third-order valence-electron chi connectivity index (χ3n) is 2.74. The van der Waals surface area contributed by atoms with Crippen LogP contribution in [0.2, 0.25) is 0 Å². The summed E-state index contributed by atoms with van der Waals surface area (Å²) in [5, 5.41) is 14.9. The summed E-state index contributed by atoms with van der Waals surface area (Å²) >= 11 is 0. The predicted molar refractivity (Wildman–Crippen MR) is 71.3 cm³/mol. The third-order valence-corrected chi connectivity index (χ3v) is 2.74. The molecule has 7 nitrogen and oxygen atoms in total. The third kappa shape index (κ3) is 3.86. The van der Waals surface area contributed by atoms with E-state index in [1.165, 1.54) is 21.3 Å². The van der Waals surface area contributed by atoms with Gasteiger partial charge in [-0.1, -0.05) is 12.1 Å². The molecule has 2 unspecified atom stereocenters. The van der Waals surface area contributed by atoms with Crippen LogP contribution in [0.5, 0.6) is 5.75 Å². The number of hydrogen-bond donors (Lipinski definition) is 3. The van der Waals surface area contributed by atoms with Crippen LogP contribution in [-0.2, 0) is 9.53 Å². The molecule has 3 N–H and O–H groups in total. The van der Waals surface area contributed by atoms with Gasteiger partial charge in [0, 0.05) is 7.05 Å². The first kappa shape index (κ1) is 15.8. The molecule has 1 aromatic rings. The molecule has 0 aliphatic heterocycles. The number of amides is 2. The van der Waals surface area contributed by atoms with E-state index in [2.05, 4.69) is 15.4 Å². The SMILES string of the molecule is CNC(=O)NC(C(=O)OC)C(O)c1ccc(OC)cc1. The lowest BCUT2D eigenvalue weighted by atomic mass is 10.0. The molecule has 1 aromatic carbocycles. The van der Waals surface area contributed by atoms with E-state index in [0.717, 1.165) is 0 Å². The molecule has 110 valence electrons. The van der Waals surface area contributed by atoms with Crippen molar-refractivity contribution < 1.29 is 24.2 Å². The molecule has 0 spiro atoms. The van der Waals surface area contributed by atoms with Crippen molar-refractivity contribution >= 4 is 12.0 Å². The lowest BCUT2D eigenvalue weighted by molar-refractivity contribution is -0.145. The number of ether oxygens (including phenoxy) is 2. The van der Waals surface area contributed by atoms with E-state index in [4.69, 9.17) is 4.74 Å². The van der Waals surface area contributed by atoms with Crippen molar-refractivity contribution in [2.75, 3.05) is 21.3 Å². The van der Waals surface area contributed by atoms with Crippen LogP contribution < -0.4 is 15.4 Å². The maximum absolute atomic E-state index is 11.7. The predicted octanol–water partition coefficient (Wildman–Crippen LogP) is 0.199. The number of hydrogen-bond acceptors (Lipinski definition) is 5. The Morgan fingerprint density at radius 2 is 1.80 bits per heavy atom. The molecule has 0 saturated carbocycles. The standard InChI is InChI=1S/C13H18N2O5/c1-14-13(18)15-10(12(17)20-3)11(16)8-4-6-9(19-2)7-5-8/h4-7,10-11,16H,1-3H3,(H2,14,15,18). The minimum atomic E-state index is -1.23. The maximum Gasteiger partial charge on any atom is 0.331 e. The molecule has 2 atom stereocenters. The van der Waals surface area contributed by atoms with E-state index in [-0.39, 0.29) is 0 Å². The van der Waals surface area contributed by atoms with Gasteiger partial charge in [-0.05, 0) is 17.7 Å². The molecule has 0 radical (unpaired) electrons. The molecule has 0 aliphatic carbocycles. The van der Waals surface area contributed by atoms with Gasteiger partial charge in [0.1, 0.15) is 11.9 Å². The Morgan fingerprint density at radius 3 is 2.25 bits per heavy atom. The molecular formula is C13H18N2O5. The Morgan fingerprint density at radius 1 is 1.20 bits per heavy atom. The Labute approximate surface area is 116 Å². The van der Waals surface area contributed by atoms with E-state index < -0.39 is 24.1 Å². The molecule has 0 saturated heterocycles. The van der Waals surface area contributed by atoms with Gasteiger partial charge >= 0.3 is 12.0 Å². The molecule has 20 heavy (non-hydrogen) atoms. The van der Waals surface area contributed by atoms with Crippen LogP contribution >= 0.6 is 0 Å². The van der Waals surface area contributed by atoms with E-state index in [1.807, 2.05) is 0 Å². The minimum Gasteiger partial charge on any atom is -0.497 e. The lowest BCUT2D eigenvalue weighted by Gasteiger charge is -2.22. The summed E-state index contributed by atoms with van der Waals surface area (Å²) in [6, 6.07) is 4.71. The van der Waals surface area contributed by atoms with Gasteiger partial charge in [-0.3, -0.25) is 0 Å². The first-order valence-electron chi connectivity index (χ1n) is 5.91. The molecule has 0 fully saturated rings. The summed E-state index contributed by atoms with van der Waals surface area (Å²) in [5.41, 5.74) is 0.456. The van der Waals surface area contributed by atoms with Crippen molar-refractivity contribution in [2.45, 2.75) is 12.1 Å². The van der Waals surface area contributed by atoms with Crippen molar-refractivity contribution in [3.63, 3.8) is 0 Å². The van der Waals surface area contributed by atoms with Crippen LogP contribution in [0.4, 0.5) is 4.79 Å². The van der Waals surface area contributed by atoms with Gasteiger partial charge in [-0.25, -0.2) is 9.59 Å². The van der Waals surface area contributed by atoms with Gasteiger partial charge in [0.2, 0.25) is 0 Å². The van der Waals surface area contributed by atoms with E-state index >= 15 is 0 Å². The smallest absolute Gasteiger partial charge is 0.331 e. The van der Waals surface area contributed by atoms with Crippen molar-refractivity contribution in [3.05, 3.63) is 29.8 Å². The van der Waals surface area contributed by atoms with Gasteiger partial charge in [0.25, 0.3) is 0 Å². The second-order valence-electron chi connectivity index (χ2n) is 3.94. The summed E-state index contributed by atoms with van der Waals surface area (Å²) in [6.07, 6.45) is -1.23. The number of esters is 1. The van der Waals surface area contributed by atoms with Crippen LogP contribution in [0.25, 0.3) is 0 Å². The number of benzene rings is 1. The van der Waals surface area contributed by atoms with Gasteiger partial charge in [-0.2, -0.15) is 0 Å². The monoisotopic (exact) mass is 282 g/mol. The van der Waals surface area contributed by atoms with Gasteiger partial charge < -0.3 is 25.2 Å². The highest BCUT2D eigenvalue weighted by Gasteiger charge is 2.30. The average molecular weight is 282 g/mol. The molecule has 0 heterocycles. The zero-order valence-corrected chi connectivity index (χ0v) is 11.5. The van der Waals surface area contributed by atoms with Crippen LogP contribution in [0.3, 0.4) is 0 Å². The van der Waals surface area contributed by atoms with Crippen LogP contribution in [0.15, 0.2) is 24.3 Å². The molecule has 7 heteroatoms.